The first-order valence-corrected chi connectivity index (χ1v) is 5.80. The molecule has 1 rings (SSSR count). The summed E-state index contributed by atoms with van der Waals surface area (Å²) >= 11 is 0. The molecule has 6 nitrogen and oxygen atoms in total. The molecule has 106 valence electrons. The van der Waals surface area contributed by atoms with Crippen LogP contribution in [0.2, 0.25) is 0 Å². The monoisotopic (exact) mass is 279 g/mol. The molecule has 0 aromatic heterocycles. The van der Waals surface area contributed by atoms with Gasteiger partial charge in [0.25, 0.3) is 0 Å². The van der Waals surface area contributed by atoms with E-state index in [1.807, 2.05) is 0 Å². The zero-order valence-electron chi connectivity index (χ0n) is 10.8. The molecule has 2 amide bonds. The molecule has 2 atom stereocenters. The van der Waals surface area contributed by atoms with E-state index < -0.39 is 17.4 Å². The van der Waals surface area contributed by atoms with Gasteiger partial charge in [-0.1, -0.05) is 0 Å². The first-order valence-electron chi connectivity index (χ1n) is 5.80. The van der Waals surface area contributed by atoms with E-state index in [1.54, 1.807) is 13.8 Å². The van der Waals surface area contributed by atoms with Gasteiger partial charge in [-0.05, 0) is 26.7 Å². The normalized spacial score (nSPS) is 23.3. The summed E-state index contributed by atoms with van der Waals surface area (Å²) in [6.45, 7) is 4.02. The third-order valence-corrected chi connectivity index (χ3v) is 3.03. The lowest BCUT2D eigenvalue weighted by molar-refractivity contribution is -0.133. The number of ether oxygens (including phenoxy) is 1. The van der Waals surface area contributed by atoms with Crippen molar-refractivity contribution in [2.45, 2.75) is 38.9 Å². The van der Waals surface area contributed by atoms with E-state index in [4.69, 9.17) is 16.2 Å². The Bertz CT molecular complexity index is 310. The summed E-state index contributed by atoms with van der Waals surface area (Å²) in [7, 11) is 0. The van der Waals surface area contributed by atoms with Crippen molar-refractivity contribution in [2.75, 3.05) is 13.1 Å². The molecule has 1 saturated heterocycles. The Kier molecular flexibility index (Phi) is 6.59. The highest BCUT2D eigenvalue weighted by molar-refractivity contribution is 5.85. The molecule has 0 bridgehead atoms. The van der Waals surface area contributed by atoms with Gasteiger partial charge in [-0.15, -0.1) is 12.4 Å². The molecule has 0 saturated carbocycles. The molecule has 0 aromatic carbocycles. The molecule has 0 spiro atoms. The summed E-state index contributed by atoms with van der Waals surface area (Å²) in [5, 5.41) is 2.69. The Morgan fingerprint density at radius 1 is 1.39 bits per heavy atom. The van der Waals surface area contributed by atoms with Crippen molar-refractivity contribution in [3.8, 4) is 0 Å². The lowest BCUT2D eigenvalue weighted by Crippen LogP contribution is -2.45. The number of hydrogen-bond donors (Lipinski definition) is 3. The van der Waals surface area contributed by atoms with Crippen molar-refractivity contribution in [3.63, 3.8) is 0 Å². The highest BCUT2D eigenvalue weighted by atomic mass is 35.5. The lowest BCUT2D eigenvalue weighted by Gasteiger charge is -2.22. The molecule has 18 heavy (non-hydrogen) atoms. The zero-order chi connectivity index (χ0) is 13.1. The average Bonchev–Trinajstić information content (AvgIpc) is 2.74. The number of hydrogen-bond acceptors (Lipinski definition) is 4. The van der Waals surface area contributed by atoms with Gasteiger partial charge in [0.2, 0.25) is 11.8 Å². The van der Waals surface area contributed by atoms with Crippen molar-refractivity contribution >= 4 is 24.2 Å². The van der Waals surface area contributed by atoms with Crippen LogP contribution in [0.1, 0.15) is 26.7 Å². The van der Waals surface area contributed by atoms with Crippen LogP contribution in [0.15, 0.2) is 0 Å². The SMILES string of the molecule is CC(C)(CNC(=O)[C@@H]1CC[C@H](CN)O1)C(N)=O.Cl. The minimum atomic E-state index is -0.748. The van der Waals surface area contributed by atoms with E-state index in [0.29, 0.717) is 13.0 Å². The number of amides is 2. The minimum Gasteiger partial charge on any atom is -0.369 e. The molecule has 1 fully saturated rings. The summed E-state index contributed by atoms with van der Waals surface area (Å²) in [6.07, 6.45) is 0.987. The average molecular weight is 280 g/mol. The van der Waals surface area contributed by atoms with Crippen molar-refractivity contribution in [3.05, 3.63) is 0 Å². The van der Waals surface area contributed by atoms with Crippen molar-refractivity contribution in [2.24, 2.45) is 16.9 Å². The molecule has 0 radical (unpaired) electrons. The Labute approximate surface area is 113 Å². The number of carbonyl (C=O) groups is 2. The molecule has 0 aliphatic carbocycles. The fourth-order valence-electron chi connectivity index (χ4n) is 1.58. The molecule has 0 aromatic rings. The highest BCUT2D eigenvalue weighted by Gasteiger charge is 2.32. The van der Waals surface area contributed by atoms with Gasteiger partial charge in [-0.25, -0.2) is 0 Å². The van der Waals surface area contributed by atoms with Gasteiger partial charge in [0.15, 0.2) is 0 Å². The van der Waals surface area contributed by atoms with Gasteiger partial charge in [0.1, 0.15) is 6.10 Å². The summed E-state index contributed by atoms with van der Waals surface area (Å²) < 4.78 is 5.44. The first-order chi connectivity index (χ1) is 7.86. The van der Waals surface area contributed by atoms with Gasteiger partial charge in [-0.2, -0.15) is 0 Å². The number of rotatable bonds is 5. The maximum absolute atomic E-state index is 11.7. The maximum atomic E-state index is 11.7. The number of nitrogens with one attached hydrogen (secondary N) is 1. The molecule has 5 N–H and O–H groups in total. The molecular weight excluding hydrogens is 258 g/mol. The van der Waals surface area contributed by atoms with Gasteiger partial charge in [0, 0.05) is 13.1 Å². The van der Waals surface area contributed by atoms with Gasteiger partial charge in [-0.3, -0.25) is 9.59 Å². The third kappa shape index (κ3) is 4.44. The second-order valence-electron chi connectivity index (χ2n) is 5.03. The highest BCUT2D eigenvalue weighted by Crippen LogP contribution is 2.19. The van der Waals surface area contributed by atoms with E-state index in [9.17, 15) is 9.59 Å². The fraction of sp³-hybridized carbons (Fsp3) is 0.818. The quantitative estimate of drug-likeness (QED) is 0.633. The smallest absolute Gasteiger partial charge is 0.249 e. The number of primary amides is 1. The topological polar surface area (TPSA) is 107 Å². The van der Waals surface area contributed by atoms with Crippen LogP contribution in [-0.4, -0.2) is 37.1 Å². The number of nitrogens with two attached hydrogens (primary N) is 2. The summed E-state index contributed by atoms with van der Waals surface area (Å²) in [4.78, 5) is 22.8. The summed E-state index contributed by atoms with van der Waals surface area (Å²) in [5.74, 6) is -0.639. The lowest BCUT2D eigenvalue weighted by atomic mass is 9.92. The number of carbonyl (C=O) groups excluding carboxylic acids is 2. The molecule has 1 heterocycles. The second kappa shape index (κ2) is 6.92. The Balaban J connectivity index is 0.00000289. The first kappa shape index (κ1) is 17.2. The van der Waals surface area contributed by atoms with Crippen LogP contribution in [0.4, 0.5) is 0 Å². The van der Waals surface area contributed by atoms with Crippen LogP contribution in [0.3, 0.4) is 0 Å². The van der Waals surface area contributed by atoms with Crippen LogP contribution in [0.25, 0.3) is 0 Å². The van der Waals surface area contributed by atoms with Crippen molar-refractivity contribution < 1.29 is 14.3 Å². The van der Waals surface area contributed by atoms with Crippen LogP contribution in [0, 0.1) is 5.41 Å². The molecule has 0 unspecified atom stereocenters. The Morgan fingerprint density at radius 2 is 2.00 bits per heavy atom. The van der Waals surface area contributed by atoms with Gasteiger partial charge >= 0.3 is 0 Å². The minimum absolute atomic E-state index is 0. The van der Waals surface area contributed by atoms with Crippen LogP contribution >= 0.6 is 12.4 Å². The van der Waals surface area contributed by atoms with Crippen LogP contribution in [0.5, 0.6) is 0 Å². The summed E-state index contributed by atoms with van der Waals surface area (Å²) in [6, 6.07) is 0. The van der Waals surface area contributed by atoms with Crippen LogP contribution < -0.4 is 16.8 Å². The predicted octanol–water partition coefficient (Wildman–Crippen LogP) is -0.458. The predicted molar refractivity (Wildman–Crippen MR) is 70.2 cm³/mol. The molecule has 1 aliphatic heterocycles. The molecule has 7 heteroatoms. The largest absolute Gasteiger partial charge is 0.369 e. The van der Waals surface area contributed by atoms with E-state index in [1.165, 1.54) is 0 Å². The fourth-order valence-corrected chi connectivity index (χ4v) is 1.58. The summed E-state index contributed by atoms with van der Waals surface area (Å²) in [5.41, 5.74) is 9.93. The van der Waals surface area contributed by atoms with E-state index in [2.05, 4.69) is 5.32 Å². The van der Waals surface area contributed by atoms with E-state index >= 15 is 0 Å². The van der Waals surface area contributed by atoms with E-state index in [0.717, 1.165) is 6.42 Å². The van der Waals surface area contributed by atoms with Crippen LogP contribution in [-0.2, 0) is 14.3 Å². The molecular formula is C11H22ClN3O3. The van der Waals surface area contributed by atoms with Gasteiger partial charge in [0.05, 0.1) is 11.5 Å². The van der Waals surface area contributed by atoms with E-state index in [-0.39, 0.29) is 31.0 Å². The second-order valence-corrected chi connectivity index (χ2v) is 5.03. The maximum Gasteiger partial charge on any atom is 0.249 e. The van der Waals surface area contributed by atoms with Gasteiger partial charge < -0.3 is 21.5 Å². The third-order valence-electron chi connectivity index (χ3n) is 3.03. The molecule has 1 aliphatic rings. The zero-order valence-corrected chi connectivity index (χ0v) is 11.6. The number of halogens is 1. The Hall–Kier alpha value is -0.850. The Morgan fingerprint density at radius 3 is 2.44 bits per heavy atom. The standard InChI is InChI=1S/C11H21N3O3.ClH/c1-11(2,10(13)16)6-14-9(15)8-4-3-7(5-12)17-8;/h7-8H,3-6,12H2,1-2H3,(H2,13,16)(H,14,15);1H/t7-,8+;/m1./s1. The van der Waals surface area contributed by atoms with Crippen molar-refractivity contribution in [1.29, 1.82) is 0 Å². The van der Waals surface area contributed by atoms with Crippen molar-refractivity contribution in [1.82, 2.24) is 5.32 Å².